The number of nitrogens with zero attached hydrogens (tertiary/aromatic N) is 1. The fourth-order valence-corrected chi connectivity index (χ4v) is 1.43. The number of para-hydroxylation sites is 1. The maximum Gasteiger partial charge on any atom is 0.191 e. The number of benzene rings is 1. The van der Waals surface area contributed by atoms with E-state index in [1.165, 1.54) is 12.3 Å². The Balaban J connectivity index is 2.36. The number of carboxylic acids is 1. The van der Waals surface area contributed by atoms with E-state index < -0.39 is 5.97 Å². The molecule has 2 aromatic rings. The van der Waals surface area contributed by atoms with E-state index in [-0.39, 0.29) is 5.56 Å². The highest BCUT2D eigenvalue weighted by molar-refractivity contribution is 5.92. The third-order valence-corrected chi connectivity index (χ3v) is 2.21. The first kappa shape index (κ1) is 10.9. The van der Waals surface area contributed by atoms with E-state index in [1.54, 1.807) is 12.1 Å². The number of carbonyl (C=O) groups excluding carboxylic acids is 1. The predicted molar refractivity (Wildman–Crippen MR) is 59.5 cm³/mol. The molecule has 0 saturated heterocycles. The van der Waals surface area contributed by atoms with Crippen LogP contribution < -0.4 is 15.2 Å². The van der Waals surface area contributed by atoms with Crippen molar-refractivity contribution in [2.75, 3.05) is 5.32 Å². The molecule has 0 unspecified atom stereocenters. The van der Waals surface area contributed by atoms with Gasteiger partial charge in [-0.2, -0.15) is 4.73 Å². The van der Waals surface area contributed by atoms with Gasteiger partial charge in [-0.1, -0.05) is 18.2 Å². The number of rotatable bonds is 3. The molecule has 0 saturated carbocycles. The normalized spacial score (nSPS) is 9.88. The van der Waals surface area contributed by atoms with Gasteiger partial charge in [0.1, 0.15) is 0 Å². The number of aromatic carboxylic acids is 1. The van der Waals surface area contributed by atoms with Crippen LogP contribution in [0.4, 0.5) is 11.4 Å². The molecule has 1 heterocycles. The van der Waals surface area contributed by atoms with Crippen molar-refractivity contribution in [2.24, 2.45) is 0 Å². The Bertz CT molecular complexity index is 541. The number of aromatic nitrogens is 1. The largest absolute Gasteiger partial charge is 0.619 e. The SMILES string of the molecule is O=C([O-])c1c[n+]([O-])ccc1Nc1ccccc1. The van der Waals surface area contributed by atoms with Gasteiger partial charge in [-0.3, -0.25) is 0 Å². The molecule has 5 nitrogen and oxygen atoms in total. The monoisotopic (exact) mass is 229 g/mol. The van der Waals surface area contributed by atoms with Gasteiger partial charge < -0.3 is 20.4 Å². The molecule has 2 rings (SSSR count). The number of anilines is 2. The first-order valence-electron chi connectivity index (χ1n) is 4.93. The summed E-state index contributed by atoms with van der Waals surface area (Å²) < 4.78 is 0.418. The number of hydrogen-bond donors (Lipinski definition) is 1. The smallest absolute Gasteiger partial charge is 0.191 e. The highest BCUT2D eigenvalue weighted by Crippen LogP contribution is 2.18. The van der Waals surface area contributed by atoms with Crippen LogP contribution in [0.15, 0.2) is 48.8 Å². The molecule has 1 aromatic carbocycles. The van der Waals surface area contributed by atoms with Crippen molar-refractivity contribution < 1.29 is 14.6 Å². The highest BCUT2D eigenvalue weighted by Gasteiger charge is 2.07. The molecule has 17 heavy (non-hydrogen) atoms. The van der Waals surface area contributed by atoms with Crippen molar-refractivity contribution in [1.29, 1.82) is 0 Å². The lowest BCUT2D eigenvalue weighted by Gasteiger charge is -2.11. The van der Waals surface area contributed by atoms with Crippen LogP contribution in [0.1, 0.15) is 10.4 Å². The summed E-state index contributed by atoms with van der Waals surface area (Å²) >= 11 is 0. The van der Waals surface area contributed by atoms with Gasteiger partial charge in [-0.25, -0.2) is 0 Å². The zero-order chi connectivity index (χ0) is 12.3. The Morgan fingerprint density at radius 3 is 2.53 bits per heavy atom. The molecular weight excluding hydrogens is 220 g/mol. The number of pyridine rings is 1. The number of nitrogens with one attached hydrogen (secondary N) is 1. The van der Waals surface area contributed by atoms with Crippen molar-refractivity contribution >= 4 is 17.3 Å². The highest BCUT2D eigenvalue weighted by atomic mass is 16.5. The third-order valence-electron chi connectivity index (χ3n) is 2.21. The van der Waals surface area contributed by atoms with Gasteiger partial charge in [-0.15, -0.1) is 0 Å². The maximum atomic E-state index is 11.0. The van der Waals surface area contributed by atoms with Crippen molar-refractivity contribution in [2.45, 2.75) is 0 Å². The molecule has 0 atom stereocenters. The Hall–Kier alpha value is -2.56. The second kappa shape index (κ2) is 4.52. The average Bonchev–Trinajstić information content (AvgIpc) is 2.32. The number of carbonyl (C=O) groups is 1. The van der Waals surface area contributed by atoms with Gasteiger partial charge in [0.2, 0.25) is 0 Å². The molecule has 1 aromatic heterocycles. The lowest BCUT2D eigenvalue weighted by molar-refractivity contribution is -0.605. The lowest BCUT2D eigenvalue weighted by atomic mass is 10.2. The van der Waals surface area contributed by atoms with Crippen LogP contribution in [0.5, 0.6) is 0 Å². The molecule has 0 spiro atoms. The summed E-state index contributed by atoms with van der Waals surface area (Å²) in [6.07, 6.45) is 2.18. The molecule has 0 amide bonds. The topological polar surface area (TPSA) is 79.1 Å². The van der Waals surface area contributed by atoms with Crippen molar-refractivity contribution in [3.05, 3.63) is 59.6 Å². The Morgan fingerprint density at radius 2 is 1.88 bits per heavy atom. The van der Waals surface area contributed by atoms with Crippen LogP contribution in [0.25, 0.3) is 0 Å². The quantitative estimate of drug-likeness (QED) is 0.611. The molecule has 0 radical (unpaired) electrons. The molecule has 0 aliphatic rings. The average molecular weight is 229 g/mol. The van der Waals surface area contributed by atoms with E-state index in [1.807, 2.05) is 18.2 Å². The first-order chi connectivity index (χ1) is 8.16. The summed E-state index contributed by atoms with van der Waals surface area (Å²) in [5.41, 5.74) is 0.883. The fourth-order valence-electron chi connectivity index (χ4n) is 1.43. The van der Waals surface area contributed by atoms with E-state index >= 15 is 0 Å². The first-order valence-corrected chi connectivity index (χ1v) is 4.93. The van der Waals surface area contributed by atoms with Crippen LogP contribution in [-0.4, -0.2) is 5.97 Å². The van der Waals surface area contributed by atoms with Crippen LogP contribution in [0.2, 0.25) is 0 Å². The molecule has 86 valence electrons. The zero-order valence-electron chi connectivity index (χ0n) is 8.79. The minimum absolute atomic E-state index is 0.175. The minimum Gasteiger partial charge on any atom is -0.619 e. The van der Waals surface area contributed by atoms with E-state index in [0.29, 0.717) is 10.4 Å². The molecular formula is C12H9N2O3-. The van der Waals surface area contributed by atoms with Crippen molar-refractivity contribution in [3.63, 3.8) is 0 Å². The second-order valence-electron chi connectivity index (χ2n) is 3.41. The molecule has 0 aliphatic heterocycles. The Labute approximate surface area is 97.5 Å². The molecule has 0 bridgehead atoms. The standard InChI is InChI=1S/C12H10N2O3/c15-12(16)10-8-14(17)7-6-11(10)13-9-4-2-1-3-5-9/h1-8,13H,(H,15,16)/p-1. The van der Waals surface area contributed by atoms with Gasteiger partial charge in [0, 0.05) is 11.8 Å². The number of carboxylic acid groups (broad SMARTS) is 1. The lowest BCUT2D eigenvalue weighted by Crippen LogP contribution is -2.31. The summed E-state index contributed by atoms with van der Waals surface area (Å²) in [6.45, 7) is 0. The van der Waals surface area contributed by atoms with Gasteiger partial charge in [0.15, 0.2) is 12.4 Å². The maximum absolute atomic E-state index is 11.0. The Kier molecular flexibility index (Phi) is 2.91. The number of hydrogen-bond acceptors (Lipinski definition) is 4. The van der Waals surface area contributed by atoms with Gasteiger partial charge in [0.25, 0.3) is 0 Å². The van der Waals surface area contributed by atoms with Gasteiger partial charge in [0.05, 0.1) is 17.2 Å². The van der Waals surface area contributed by atoms with Crippen LogP contribution in [-0.2, 0) is 0 Å². The van der Waals surface area contributed by atoms with E-state index in [4.69, 9.17) is 0 Å². The molecule has 5 heteroatoms. The molecule has 0 aliphatic carbocycles. The van der Waals surface area contributed by atoms with Crippen LogP contribution in [0, 0.1) is 5.21 Å². The van der Waals surface area contributed by atoms with Gasteiger partial charge >= 0.3 is 0 Å². The van der Waals surface area contributed by atoms with Crippen LogP contribution >= 0.6 is 0 Å². The summed E-state index contributed by atoms with van der Waals surface area (Å²) in [4.78, 5) is 10.9. The van der Waals surface area contributed by atoms with Crippen LogP contribution in [0.3, 0.4) is 0 Å². The third kappa shape index (κ3) is 2.52. The fraction of sp³-hybridized carbons (Fsp3) is 0. The van der Waals surface area contributed by atoms with E-state index in [9.17, 15) is 15.1 Å². The summed E-state index contributed by atoms with van der Waals surface area (Å²) in [6, 6.07) is 10.5. The second-order valence-corrected chi connectivity index (χ2v) is 3.41. The molecule has 1 N–H and O–H groups in total. The van der Waals surface area contributed by atoms with Gasteiger partial charge in [-0.05, 0) is 12.1 Å². The Morgan fingerprint density at radius 1 is 1.18 bits per heavy atom. The summed E-state index contributed by atoms with van der Waals surface area (Å²) in [5, 5.41) is 24.8. The zero-order valence-corrected chi connectivity index (χ0v) is 8.79. The van der Waals surface area contributed by atoms with Crippen molar-refractivity contribution in [3.8, 4) is 0 Å². The minimum atomic E-state index is -1.39. The molecule has 0 fully saturated rings. The van der Waals surface area contributed by atoms with E-state index in [0.717, 1.165) is 11.9 Å². The van der Waals surface area contributed by atoms with Crippen molar-refractivity contribution in [1.82, 2.24) is 0 Å². The summed E-state index contributed by atoms with van der Waals surface area (Å²) in [5.74, 6) is -1.39. The van der Waals surface area contributed by atoms with E-state index in [2.05, 4.69) is 5.32 Å². The predicted octanol–water partition coefficient (Wildman–Crippen LogP) is 0.427. The summed E-state index contributed by atoms with van der Waals surface area (Å²) in [7, 11) is 0.